The van der Waals surface area contributed by atoms with Crippen molar-refractivity contribution in [2.75, 3.05) is 24.7 Å². The first-order chi connectivity index (χ1) is 32.0. The third kappa shape index (κ3) is 10.6. The van der Waals surface area contributed by atoms with Crippen LogP contribution in [0.25, 0.3) is 22.3 Å². The minimum atomic E-state index is -5.65. The van der Waals surface area contributed by atoms with Gasteiger partial charge in [0.1, 0.15) is 60.2 Å². The molecule has 27 nitrogen and oxygen atoms in total. The number of benzene rings is 2. The predicted molar refractivity (Wildman–Crippen MR) is 228 cm³/mol. The number of nitrogen functional groups attached to an aromatic ring is 2. The largest absolute Gasteiger partial charge is 0.481 e. The number of hydrogen-bond donors (Lipinski definition) is 8. The summed E-state index contributed by atoms with van der Waals surface area (Å²) in [5.41, 5.74) is 26.3. The third-order valence-electron chi connectivity index (χ3n) is 10.7. The number of nitrogens with two attached hydrogens (primary N) is 4. The minimum Gasteiger partial charge on any atom is -0.454 e. The molecule has 0 bridgehead atoms. The number of phosphoric ester groups is 2. The molecule has 4 aromatic heterocycles. The second-order valence-electron chi connectivity index (χ2n) is 15.3. The fourth-order valence-electron chi connectivity index (χ4n) is 7.40. The SMILES string of the molecule is Nc1ncnc2c1ncn2[C@@H]1O[C@H](COP(=O)(O)OP(=O)(O)OC[C@H]2O[C@@H](n3cnc4c(N)ncnc43)[C@H](OC(=O)[C@@H](N)Cc3ccccc3)[C@@H]2OC(=O)[C@@H](N)Cc2ccccc2)[C@@H](O)[C@H]1O. The molecule has 2 aromatic carbocycles. The van der Waals surface area contributed by atoms with E-state index in [-0.39, 0.29) is 46.8 Å². The van der Waals surface area contributed by atoms with E-state index in [2.05, 4.69) is 34.2 Å². The van der Waals surface area contributed by atoms with Crippen LogP contribution in [0.3, 0.4) is 0 Å². The minimum absolute atomic E-state index is 0.00509. The predicted octanol–water partition coefficient (Wildman–Crippen LogP) is -0.439. The normalized spacial score (nSPS) is 25.6. The number of aliphatic hydroxyl groups excluding tert-OH is 2. The first-order valence-corrected chi connectivity index (χ1v) is 23.2. The van der Waals surface area contributed by atoms with Crippen molar-refractivity contribution in [1.82, 2.24) is 39.0 Å². The van der Waals surface area contributed by atoms with E-state index in [1.54, 1.807) is 60.7 Å². The Hall–Kier alpha value is -5.90. The lowest BCUT2D eigenvalue weighted by atomic mass is 10.1. The summed E-state index contributed by atoms with van der Waals surface area (Å²) in [6.45, 7) is -2.01. The highest BCUT2D eigenvalue weighted by atomic mass is 31.3. The molecular formula is C38H44N12O15P2. The Kier molecular flexibility index (Phi) is 14.0. The van der Waals surface area contributed by atoms with Crippen LogP contribution in [0.1, 0.15) is 23.6 Å². The molecule has 0 aliphatic carbocycles. The number of fused-ring (bicyclic) bond motifs is 2. The van der Waals surface area contributed by atoms with Gasteiger partial charge in [-0.05, 0) is 24.0 Å². The van der Waals surface area contributed by atoms with Crippen LogP contribution in [0.5, 0.6) is 0 Å². The number of carbonyl (C=O) groups is 2. The lowest BCUT2D eigenvalue weighted by molar-refractivity contribution is -0.170. The van der Waals surface area contributed by atoms with Gasteiger partial charge in [0, 0.05) is 0 Å². The van der Waals surface area contributed by atoms with Gasteiger partial charge in [-0.2, -0.15) is 4.31 Å². The fourth-order valence-corrected chi connectivity index (χ4v) is 9.49. The fraction of sp³-hybridized carbons (Fsp3) is 0.368. The van der Waals surface area contributed by atoms with E-state index < -0.39 is 102 Å². The number of aliphatic hydroxyl groups is 2. The molecule has 0 radical (unpaired) electrons. The molecule has 2 fully saturated rings. The molecule has 6 heterocycles. The lowest BCUT2D eigenvalue weighted by Crippen LogP contribution is -2.47. The molecule has 8 rings (SSSR count). The molecule has 6 aromatic rings. The Morgan fingerprint density at radius 2 is 1.09 bits per heavy atom. The van der Waals surface area contributed by atoms with Crippen LogP contribution in [0, 0.1) is 0 Å². The topological polar surface area (TPSA) is 405 Å². The molecule has 356 valence electrons. The number of anilines is 2. The van der Waals surface area contributed by atoms with Crippen molar-refractivity contribution < 1.29 is 71.0 Å². The van der Waals surface area contributed by atoms with Crippen LogP contribution >= 0.6 is 15.6 Å². The summed E-state index contributed by atoms with van der Waals surface area (Å²) in [4.78, 5) is 73.2. The summed E-state index contributed by atoms with van der Waals surface area (Å²) in [5.74, 6) is -1.99. The van der Waals surface area contributed by atoms with E-state index in [9.17, 15) is 38.7 Å². The molecule has 0 amide bonds. The Balaban J connectivity index is 1.01. The van der Waals surface area contributed by atoms with Gasteiger partial charge in [0.25, 0.3) is 0 Å². The number of aromatic nitrogens is 8. The molecule has 12 atom stereocenters. The van der Waals surface area contributed by atoms with Gasteiger partial charge < -0.3 is 61.9 Å². The number of ether oxygens (including phenoxy) is 4. The monoisotopic (exact) mass is 970 g/mol. The van der Waals surface area contributed by atoms with Crippen molar-refractivity contribution in [1.29, 1.82) is 0 Å². The van der Waals surface area contributed by atoms with Gasteiger partial charge in [-0.1, -0.05) is 60.7 Å². The van der Waals surface area contributed by atoms with E-state index in [0.717, 1.165) is 12.7 Å². The molecule has 2 aliphatic heterocycles. The highest BCUT2D eigenvalue weighted by molar-refractivity contribution is 7.61. The molecule has 12 N–H and O–H groups in total. The van der Waals surface area contributed by atoms with Crippen molar-refractivity contribution in [3.63, 3.8) is 0 Å². The Morgan fingerprint density at radius 1 is 0.642 bits per heavy atom. The smallest absolute Gasteiger partial charge is 0.454 e. The van der Waals surface area contributed by atoms with Crippen LogP contribution in [0.15, 0.2) is 86.0 Å². The summed E-state index contributed by atoms with van der Waals surface area (Å²) in [6, 6.07) is 14.9. The van der Waals surface area contributed by atoms with E-state index in [1.165, 1.54) is 21.8 Å². The van der Waals surface area contributed by atoms with Crippen molar-refractivity contribution >= 4 is 61.5 Å². The summed E-state index contributed by atoms with van der Waals surface area (Å²) in [7, 11) is -11.2. The van der Waals surface area contributed by atoms with Gasteiger partial charge in [-0.3, -0.25) is 27.8 Å². The van der Waals surface area contributed by atoms with Crippen molar-refractivity contribution in [3.8, 4) is 0 Å². The number of carbonyl (C=O) groups excluding carboxylic acids is 2. The summed E-state index contributed by atoms with van der Waals surface area (Å²) in [5, 5.41) is 21.5. The highest BCUT2D eigenvalue weighted by Crippen LogP contribution is 2.61. The molecule has 0 saturated carbocycles. The lowest BCUT2D eigenvalue weighted by Gasteiger charge is -2.27. The van der Waals surface area contributed by atoms with Crippen LogP contribution in [0.4, 0.5) is 11.6 Å². The zero-order chi connectivity index (χ0) is 47.6. The number of imidazole rings is 2. The van der Waals surface area contributed by atoms with Gasteiger partial charge in [-0.25, -0.2) is 39.0 Å². The zero-order valence-corrected chi connectivity index (χ0v) is 36.5. The van der Waals surface area contributed by atoms with Crippen molar-refractivity contribution in [3.05, 3.63) is 97.1 Å². The second-order valence-corrected chi connectivity index (χ2v) is 18.3. The van der Waals surface area contributed by atoms with Crippen molar-refractivity contribution in [2.24, 2.45) is 11.5 Å². The number of rotatable bonds is 18. The quantitative estimate of drug-likeness (QED) is 0.0400. The average molecular weight is 971 g/mol. The molecule has 2 aliphatic rings. The molecule has 2 unspecified atom stereocenters. The maximum atomic E-state index is 13.8. The van der Waals surface area contributed by atoms with E-state index in [1.807, 2.05) is 0 Å². The number of phosphoric acid groups is 2. The second kappa shape index (κ2) is 19.7. The summed E-state index contributed by atoms with van der Waals surface area (Å²) >= 11 is 0. The van der Waals surface area contributed by atoms with E-state index >= 15 is 0 Å². The van der Waals surface area contributed by atoms with Crippen LogP contribution < -0.4 is 22.9 Å². The number of esters is 2. The molecule has 2 saturated heterocycles. The first-order valence-electron chi connectivity index (χ1n) is 20.2. The highest BCUT2D eigenvalue weighted by Gasteiger charge is 2.53. The van der Waals surface area contributed by atoms with Crippen LogP contribution in [0.2, 0.25) is 0 Å². The average Bonchev–Trinajstić information content (AvgIpc) is 4.07. The van der Waals surface area contributed by atoms with Gasteiger partial charge in [0.15, 0.2) is 47.6 Å². The maximum Gasteiger partial charge on any atom is 0.481 e. The van der Waals surface area contributed by atoms with Crippen LogP contribution in [-0.2, 0) is 63.9 Å². The Bertz CT molecular complexity index is 2810. The zero-order valence-electron chi connectivity index (χ0n) is 34.7. The van der Waals surface area contributed by atoms with E-state index in [4.69, 9.17) is 50.9 Å². The summed E-state index contributed by atoms with van der Waals surface area (Å²) in [6.07, 6.45) is -7.92. The van der Waals surface area contributed by atoms with Gasteiger partial charge in [0.2, 0.25) is 0 Å². The number of nitrogens with zero attached hydrogens (tertiary/aromatic N) is 8. The van der Waals surface area contributed by atoms with Gasteiger partial charge >= 0.3 is 27.6 Å². The van der Waals surface area contributed by atoms with E-state index in [0.29, 0.717) is 11.1 Å². The van der Waals surface area contributed by atoms with Gasteiger partial charge in [-0.15, -0.1) is 0 Å². The molecule has 0 spiro atoms. The molecular weight excluding hydrogens is 926 g/mol. The standard InChI is InChI=1S/C38H44N12O15P2/c39-21(11-19-7-3-1-4-8-19)37(53)63-29-24(62-36(50-18-48-26-32(42)44-16-46-34(26)50)30(29)64-38(54)22(40)12-20-9-5-2-6-10-20)14-60-67(57,58)65-66(55,56)59-13-23-27(51)28(52)35(61-23)49-17-47-25-31(41)43-15-45-33(25)49/h1-10,15-18,21-24,27-30,35-36,51-52H,11-14,39-40H2,(H,55,56)(H,57,58)(H2,41,43,45)(H2,42,44,46)/t21-,22-,23+,24+,27+,28+,29+,30+,35+,36+/m0/s1. The van der Waals surface area contributed by atoms with Crippen molar-refractivity contribution in [2.45, 2.75) is 74.0 Å². The third-order valence-corrected chi connectivity index (χ3v) is 13.3. The maximum absolute atomic E-state index is 13.8. The number of hydrogen-bond acceptors (Lipinski definition) is 23. The molecule has 29 heteroatoms. The molecule has 67 heavy (non-hydrogen) atoms. The first kappa shape index (κ1) is 47.6. The Labute approximate surface area is 378 Å². The Morgan fingerprint density at radius 3 is 1.60 bits per heavy atom. The van der Waals surface area contributed by atoms with Crippen LogP contribution in [-0.4, -0.2) is 133 Å². The van der Waals surface area contributed by atoms with Gasteiger partial charge in [0.05, 0.1) is 25.9 Å². The summed E-state index contributed by atoms with van der Waals surface area (Å²) < 4.78 is 67.3.